The second-order valence-corrected chi connectivity index (χ2v) is 5.71. The largest absolute Gasteiger partial charge is 0.368 e. The van der Waals surface area contributed by atoms with E-state index in [-0.39, 0.29) is 12.0 Å². The molecule has 1 aromatic rings. The van der Waals surface area contributed by atoms with Gasteiger partial charge in [0.1, 0.15) is 6.10 Å². The van der Waals surface area contributed by atoms with Gasteiger partial charge in [-0.05, 0) is 36.8 Å². The predicted octanol–water partition coefficient (Wildman–Crippen LogP) is 2.35. The van der Waals surface area contributed by atoms with Crippen molar-refractivity contribution in [2.45, 2.75) is 38.7 Å². The third-order valence-corrected chi connectivity index (χ3v) is 4.12. The molecule has 1 aromatic heterocycles. The summed E-state index contributed by atoms with van der Waals surface area (Å²) in [6.07, 6.45) is 3.64. The van der Waals surface area contributed by atoms with Crippen LogP contribution in [0.3, 0.4) is 0 Å². The van der Waals surface area contributed by atoms with E-state index >= 15 is 0 Å². The molecule has 2 aliphatic heterocycles. The zero-order chi connectivity index (χ0) is 13.4. The normalized spacial score (nSPS) is 26.9. The van der Waals surface area contributed by atoms with Gasteiger partial charge in [0.15, 0.2) is 0 Å². The second-order valence-electron chi connectivity index (χ2n) is 5.71. The van der Waals surface area contributed by atoms with Crippen molar-refractivity contribution in [1.82, 2.24) is 4.98 Å². The SMILES string of the molecule is CC(C)c1ccc(N2CC[C@H]3CCO[C@H]3C2=O)cn1. The highest BCUT2D eigenvalue weighted by Gasteiger charge is 2.41. The van der Waals surface area contributed by atoms with Crippen LogP contribution in [0, 0.1) is 5.92 Å². The monoisotopic (exact) mass is 260 g/mol. The Morgan fingerprint density at radius 1 is 1.37 bits per heavy atom. The number of hydrogen-bond donors (Lipinski definition) is 0. The van der Waals surface area contributed by atoms with E-state index in [0.29, 0.717) is 11.8 Å². The minimum Gasteiger partial charge on any atom is -0.368 e. The Bertz CT molecular complexity index is 470. The number of pyridine rings is 1. The summed E-state index contributed by atoms with van der Waals surface area (Å²) in [6.45, 7) is 5.74. The molecule has 0 saturated carbocycles. The number of nitrogens with zero attached hydrogens (tertiary/aromatic N) is 2. The van der Waals surface area contributed by atoms with Crippen LogP contribution in [-0.4, -0.2) is 30.1 Å². The number of piperidine rings is 1. The molecule has 4 heteroatoms. The molecule has 0 unspecified atom stereocenters. The molecule has 4 nitrogen and oxygen atoms in total. The summed E-state index contributed by atoms with van der Waals surface area (Å²) in [4.78, 5) is 18.7. The van der Waals surface area contributed by atoms with Gasteiger partial charge in [0.05, 0.1) is 11.9 Å². The Kier molecular flexibility index (Phi) is 3.27. The molecule has 3 rings (SSSR count). The van der Waals surface area contributed by atoms with E-state index < -0.39 is 0 Å². The van der Waals surface area contributed by atoms with Crippen LogP contribution >= 0.6 is 0 Å². The number of carbonyl (C=O) groups is 1. The topological polar surface area (TPSA) is 42.4 Å². The van der Waals surface area contributed by atoms with Gasteiger partial charge in [-0.2, -0.15) is 0 Å². The van der Waals surface area contributed by atoms with Gasteiger partial charge in [0.25, 0.3) is 5.91 Å². The Labute approximate surface area is 113 Å². The lowest BCUT2D eigenvalue weighted by atomic mass is 9.92. The van der Waals surface area contributed by atoms with Crippen LogP contribution in [0.1, 0.15) is 38.3 Å². The highest BCUT2D eigenvalue weighted by molar-refractivity contribution is 5.97. The molecule has 102 valence electrons. The fraction of sp³-hybridized carbons (Fsp3) is 0.600. The lowest BCUT2D eigenvalue weighted by Gasteiger charge is -2.33. The molecular weight excluding hydrogens is 240 g/mol. The van der Waals surface area contributed by atoms with Crippen molar-refractivity contribution >= 4 is 11.6 Å². The zero-order valence-electron chi connectivity index (χ0n) is 11.5. The average molecular weight is 260 g/mol. The summed E-state index contributed by atoms with van der Waals surface area (Å²) < 4.78 is 5.57. The van der Waals surface area contributed by atoms with E-state index in [2.05, 4.69) is 18.8 Å². The van der Waals surface area contributed by atoms with Gasteiger partial charge in [0, 0.05) is 18.8 Å². The smallest absolute Gasteiger partial charge is 0.256 e. The maximum absolute atomic E-state index is 12.4. The van der Waals surface area contributed by atoms with Crippen LogP contribution in [0.5, 0.6) is 0 Å². The number of fused-ring (bicyclic) bond motifs is 1. The minimum absolute atomic E-state index is 0.104. The van der Waals surface area contributed by atoms with Gasteiger partial charge in [-0.3, -0.25) is 9.78 Å². The van der Waals surface area contributed by atoms with E-state index in [1.54, 1.807) is 0 Å². The molecule has 0 aliphatic carbocycles. The molecular formula is C15H20N2O2. The van der Waals surface area contributed by atoms with Gasteiger partial charge in [-0.25, -0.2) is 0 Å². The fourth-order valence-electron chi connectivity index (χ4n) is 2.92. The number of ether oxygens (including phenoxy) is 1. The number of hydrogen-bond acceptors (Lipinski definition) is 3. The molecule has 0 spiro atoms. The van der Waals surface area contributed by atoms with Gasteiger partial charge >= 0.3 is 0 Å². The molecule has 1 amide bonds. The Morgan fingerprint density at radius 3 is 2.89 bits per heavy atom. The van der Waals surface area contributed by atoms with Crippen LogP contribution in [0.2, 0.25) is 0 Å². The van der Waals surface area contributed by atoms with E-state index in [9.17, 15) is 4.79 Å². The second kappa shape index (κ2) is 4.93. The first-order chi connectivity index (χ1) is 9.16. The van der Waals surface area contributed by atoms with Crippen LogP contribution < -0.4 is 4.90 Å². The average Bonchev–Trinajstić information content (AvgIpc) is 2.88. The summed E-state index contributed by atoms with van der Waals surface area (Å²) in [5, 5.41) is 0. The molecule has 2 atom stereocenters. The molecule has 2 fully saturated rings. The predicted molar refractivity (Wildman–Crippen MR) is 73.1 cm³/mol. The number of aromatic nitrogens is 1. The van der Waals surface area contributed by atoms with Crippen molar-refractivity contribution in [2.75, 3.05) is 18.1 Å². The lowest BCUT2D eigenvalue weighted by molar-refractivity contribution is -0.130. The van der Waals surface area contributed by atoms with Crippen molar-refractivity contribution in [3.8, 4) is 0 Å². The van der Waals surface area contributed by atoms with Crippen molar-refractivity contribution in [1.29, 1.82) is 0 Å². The van der Waals surface area contributed by atoms with Gasteiger partial charge in [0.2, 0.25) is 0 Å². The molecule has 2 saturated heterocycles. The van der Waals surface area contributed by atoms with E-state index in [0.717, 1.165) is 37.4 Å². The molecule has 3 heterocycles. The third kappa shape index (κ3) is 2.25. The molecule has 2 aliphatic rings. The lowest BCUT2D eigenvalue weighted by Crippen LogP contribution is -2.47. The van der Waals surface area contributed by atoms with Crippen molar-refractivity contribution in [3.05, 3.63) is 24.0 Å². The summed E-state index contributed by atoms with van der Waals surface area (Å²) >= 11 is 0. The minimum atomic E-state index is -0.224. The molecule has 0 aromatic carbocycles. The summed E-state index contributed by atoms with van der Waals surface area (Å²) in [6, 6.07) is 4.00. The quantitative estimate of drug-likeness (QED) is 0.819. The number of carbonyl (C=O) groups excluding carboxylic acids is 1. The first kappa shape index (κ1) is 12.6. The van der Waals surface area contributed by atoms with Crippen molar-refractivity contribution < 1.29 is 9.53 Å². The zero-order valence-corrected chi connectivity index (χ0v) is 11.5. The molecule has 0 N–H and O–H groups in total. The van der Waals surface area contributed by atoms with Crippen LogP contribution in [-0.2, 0) is 9.53 Å². The Balaban J connectivity index is 1.80. The highest BCUT2D eigenvalue weighted by Crippen LogP contribution is 2.32. The standard InChI is InChI=1S/C15H20N2O2/c1-10(2)13-4-3-12(9-16-13)17-7-5-11-6-8-19-14(11)15(17)18/h3-4,9-11,14H,5-8H2,1-2H3/t11-,14+/m0/s1. The molecule has 19 heavy (non-hydrogen) atoms. The number of rotatable bonds is 2. The van der Waals surface area contributed by atoms with Gasteiger partial charge < -0.3 is 9.64 Å². The van der Waals surface area contributed by atoms with Gasteiger partial charge in [-0.1, -0.05) is 13.8 Å². The maximum Gasteiger partial charge on any atom is 0.256 e. The number of anilines is 1. The van der Waals surface area contributed by atoms with E-state index in [1.807, 2.05) is 23.2 Å². The first-order valence-electron chi connectivity index (χ1n) is 7.05. The highest BCUT2D eigenvalue weighted by atomic mass is 16.5. The van der Waals surface area contributed by atoms with Crippen LogP contribution in [0.25, 0.3) is 0 Å². The number of amides is 1. The Hall–Kier alpha value is -1.42. The van der Waals surface area contributed by atoms with Crippen molar-refractivity contribution in [3.63, 3.8) is 0 Å². The molecule has 0 bridgehead atoms. The fourth-order valence-corrected chi connectivity index (χ4v) is 2.92. The van der Waals surface area contributed by atoms with E-state index in [1.165, 1.54) is 0 Å². The Morgan fingerprint density at radius 2 is 2.21 bits per heavy atom. The maximum atomic E-state index is 12.4. The van der Waals surface area contributed by atoms with Crippen LogP contribution in [0.15, 0.2) is 18.3 Å². The first-order valence-corrected chi connectivity index (χ1v) is 7.05. The summed E-state index contributed by atoms with van der Waals surface area (Å²) in [7, 11) is 0. The van der Waals surface area contributed by atoms with Gasteiger partial charge in [-0.15, -0.1) is 0 Å². The van der Waals surface area contributed by atoms with Crippen molar-refractivity contribution in [2.24, 2.45) is 5.92 Å². The third-order valence-electron chi connectivity index (χ3n) is 4.12. The van der Waals surface area contributed by atoms with Crippen LogP contribution in [0.4, 0.5) is 5.69 Å². The summed E-state index contributed by atoms with van der Waals surface area (Å²) in [5.41, 5.74) is 1.95. The molecule has 0 radical (unpaired) electrons. The van der Waals surface area contributed by atoms with E-state index in [4.69, 9.17) is 4.74 Å². The summed E-state index contributed by atoms with van der Waals surface area (Å²) in [5.74, 6) is 0.938.